The number of hydrogen-bond donors (Lipinski definition) is 1. The van der Waals surface area contributed by atoms with Crippen LogP contribution in [0, 0.1) is 11.3 Å². The van der Waals surface area contributed by atoms with Crippen LogP contribution in [0.2, 0.25) is 0 Å². The van der Waals surface area contributed by atoms with Gasteiger partial charge in [-0.15, -0.1) is 11.8 Å². The average Bonchev–Trinajstić information content (AvgIpc) is 3.20. The zero-order valence-corrected chi connectivity index (χ0v) is 16.3. The first-order valence-electron chi connectivity index (χ1n) is 9.27. The number of nitriles is 1. The summed E-state index contributed by atoms with van der Waals surface area (Å²) in [7, 11) is 0. The van der Waals surface area contributed by atoms with Crippen molar-refractivity contribution in [1.82, 2.24) is 5.32 Å². The van der Waals surface area contributed by atoms with E-state index < -0.39 is 22.7 Å². The molecular formula is C22H22N2O3S. The van der Waals surface area contributed by atoms with Crippen LogP contribution in [0.5, 0.6) is 0 Å². The van der Waals surface area contributed by atoms with Gasteiger partial charge in [-0.25, -0.2) is 0 Å². The number of ether oxygens (including phenoxy) is 1. The van der Waals surface area contributed by atoms with Gasteiger partial charge in [0.2, 0.25) is 0 Å². The van der Waals surface area contributed by atoms with E-state index in [4.69, 9.17) is 4.74 Å². The molecule has 0 heterocycles. The van der Waals surface area contributed by atoms with Crippen molar-refractivity contribution in [2.75, 3.05) is 6.61 Å². The Hall–Kier alpha value is -2.78. The Balaban J connectivity index is 1.64. The molecule has 0 saturated heterocycles. The molecular weight excluding hydrogens is 372 g/mol. The summed E-state index contributed by atoms with van der Waals surface area (Å²) in [6.07, 6.45) is 3.11. The summed E-state index contributed by atoms with van der Waals surface area (Å²) in [5, 5.41) is 11.5. The van der Waals surface area contributed by atoms with Gasteiger partial charge in [0, 0.05) is 4.90 Å². The summed E-state index contributed by atoms with van der Waals surface area (Å²) in [6, 6.07) is 21.1. The lowest BCUT2D eigenvalue weighted by molar-refractivity contribution is -0.148. The Kier molecular flexibility index (Phi) is 6.72. The zero-order valence-electron chi connectivity index (χ0n) is 15.5. The molecule has 0 spiro atoms. The SMILES string of the molecule is N#CC1(NC(=O)COC(=O)[C@H](Sc2ccccc2)c2ccccc2)CCCC1. The van der Waals surface area contributed by atoms with E-state index in [1.807, 2.05) is 60.7 Å². The molecule has 1 atom stereocenters. The maximum Gasteiger partial charge on any atom is 0.324 e. The Bertz CT molecular complexity index is 843. The van der Waals surface area contributed by atoms with Crippen molar-refractivity contribution in [2.45, 2.75) is 41.4 Å². The molecule has 1 saturated carbocycles. The second-order valence-electron chi connectivity index (χ2n) is 6.78. The number of thioether (sulfide) groups is 1. The van der Waals surface area contributed by atoms with Crippen molar-refractivity contribution in [3.05, 3.63) is 66.2 Å². The second-order valence-corrected chi connectivity index (χ2v) is 7.96. The van der Waals surface area contributed by atoms with Crippen LogP contribution in [-0.2, 0) is 14.3 Å². The van der Waals surface area contributed by atoms with Crippen LogP contribution in [0.3, 0.4) is 0 Å². The Morgan fingerprint density at radius 1 is 1.07 bits per heavy atom. The largest absolute Gasteiger partial charge is 0.454 e. The van der Waals surface area contributed by atoms with Gasteiger partial charge in [0.15, 0.2) is 6.61 Å². The maximum absolute atomic E-state index is 12.8. The Labute approximate surface area is 169 Å². The normalized spacial score (nSPS) is 16.0. The first kappa shape index (κ1) is 20.0. The molecule has 144 valence electrons. The van der Waals surface area contributed by atoms with E-state index in [0.29, 0.717) is 12.8 Å². The van der Waals surface area contributed by atoms with E-state index in [1.54, 1.807) is 0 Å². The highest BCUT2D eigenvalue weighted by Crippen LogP contribution is 2.36. The molecule has 28 heavy (non-hydrogen) atoms. The number of nitrogens with one attached hydrogen (secondary N) is 1. The first-order chi connectivity index (χ1) is 13.6. The highest BCUT2D eigenvalue weighted by molar-refractivity contribution is 8.00. The summed E-state index contributed by atoms with van der Waals surface area (Å²) in [4.78, 5) is 25.9. The molecule has 0 aliphatic heterocycles. The first-order valence-corrected chi connectivity index (χ1v) is 10.2. The molecule has 2 aromatic carbocycles. The van der Waals surface area contributed by atoms with Crippen LogP contribution in [0.1, 0.15) is 36.5 Å². The van der Waals surface area contributed by atoms with E-state index in [0.717, 1.165) is 23.3 Å². The highest BCUT2D eigenvalue weighted by Gasteiger charge is 2.35. The summed E-state index contributed by atoms with van der Waals surface area (Å²) in [5.74, 6) is -0.916. The number of carbonyl (C=O) groups is 2. The number of carbonyl (C=O) groups excluding carboxylic acids is 2. The molecule has 1 aliphatic carbocycles. The minimum absolute atomic E-state index is 0.388. The lowest BCUT2D eigenvalue weighted by Crippen LogP contribution is -2.46. The monoisotopic (exact) mass is 394 g/mol. The lowest BCUT2D eigenvalue weighted by Gasteiger charge is -2.22. The number of esters is 1. The van der Waals surface area contributed by atoms with Crippen LogP contribution in [0.25, 0.3) is 0 Å². The van der Waals surface area contributed by atoms with Crippen molar-refractivity contribution in [1.29, 1.82) is 5.26 Å². The van der Waals surface area contributed by atoms with E-state index in [2.05, 4.69) is 11.4 Å². The fourth-order valence-corrected chi connectivity index (χ4v) is 4.32. The summed E-state index contributed by atoms with van der Waals surface area (Å²) >= 11 is 1.38. The number of rotatable bonds is 7. The third-order valence-corrected chi connectivity index (χ3v) is 5.95. The molecule has 1 amide bonds. The molecule has 0 radical (unpaired) electrons. The average molecular weight is 394 g/mol. The lowest BCUT2D eigenvalue weighted by atomic mass is 10.00. The van der Waals surface area contributed by atoms with Crippen molar-refractivity contribution in [3.63, 3.8) is 0 Å². The number of hydrogen-bond acceptors (Lipinski definition) is 5. The molecule has 1 aliphatic rings. The van der Waals surface area contributed by atoms with Gasteiger partial charge in [0.05, 0.1) is 6.07 Å². The summed E-state index contributed by atoms with van der Waals surface area (Å²) in [6.45, 7) is -0.388. The molecule has 1 N–H and O–H groups in total. The predicted molar refractivity (Wildman–Crippen MR) is 107 cm³/mol. The predicted octanol–water partition coefficient (Wildman–Crippen LogP) is 4.02. The molecule has 5 nitrogen and oxygen atoms in total. The number of benzene rings is 2. The quantitative estimate of drug-likeness (QED) is 0.567. The number of amides is 1. The van der Waals surface area contributed by atoms with Crippen molar-refractivity contribution in [2.24, 2.45) is 0 Å². The number of nitrogens with zero attached hydrogens (tertiary/aromatic N) is 1. The summed E-state index contributed by atoms with van der Waals surface area (Å²) < 4.78 is 5.31. The third-order valence-electron chi connectivity index (χ3n) is 4.71. The van der Waals surface area contributed by atoms with Gasteiger partial charge >= 0.3 is 5.97 Å². The zero-order chi connectivity index (χ0) is 19.8. The minimum atomic E-state index is -0.818. The van der Waals surface area contributed by atoms with Crippen LogP contribution in [0.4, 0.5) is 0 Å². The van der Waals surface area contributed by atoms with E-state index >= 15 is 0 Å². The van der Waals surface area contributed by atoms with Crippen molar-refractivity contribution >= 4 is 23.6 Å². The Morgan fingerprint density at radius 2 is 1.68 bits per heavy atom. The van der Waals surface area contributed by atoms with E-state index in [-0.39, 0.29) is 6.61 Å². The van der Waals surface area contributed by atoms with Crippen molar-refractivity contribution in [3.8, 4) is 6.07 Å². The van der Waals surface area contributed by atoms with Gasteiger partial charge in [-0.2, -0.15) is 5.26 Å². The van der Waals surface area contributed by atoms with E-state index in [9.17, 15) is 14.9 Å². The molecule has 2 aromatic rings. The van der Waals surface area contributed by atoms with Crippen LogP contribution >= 0.6 is 11.8 Å². The summed E-state index contributed by atoms with van der Waals surface area (Å²) in [5.41, 5.74) is -0.00719. The van der Waals surface area contributed by atoms with Crippen LogP contribution in [-0.4, -0.2) is 24.0 Å². The topological polar surface area (TPSA) is 79.2 Å². The molecule has 0 unspecified atom stereocenters. The maximum atomic E-state index is 12.8. The fraction of sp³-hybridized carbons (Fsp3) is 0.318. The smallest absolute Gasteiger partial charge is 0.324 e. The minimum Gasteiger partial charge on any atom is -0.454 e. The van der Waals surface area contributed by atoms with Gasteiger partial charge in [-0.1, -0.05) is 48.5 Å². The van der Waals surface area contributed by atoms with Crippen LogP contribution < -0.4 is 5.32 Å². The third kappa shape index (κ3) is 5.14. The van der Waals surface area contributed by atoms with Gasteiger partial charge < -0.3 is 10.1 Å². The van der Waals surface area contributed by atoms with E-state index in [1.165, 1.54) is 11.8 Å². The molecule has 1 fully saturated rings. The molecule has 6 heteroatoms. The van der Waals surface area contributed by atoms with Crippen molar-refractivity contribution < 1.29 is 14.3 Å². The molecule has 3 rings (SSSR count). The van der Waals surface area contributed by atoms with Gasteiger partial charge in [0.25, 0.3) is 5.91 Å². The van der Waals surface area contributed by atoms with Gasteiger partial charge in [-0.3, -0.25) is 9.59 Å². The van der Waals surface area contributed by atoms with Gasteiger partial charge in [0.1, 0.15) is 10.8 Å². The molecule has 0 aromatic heterocycles. The fourth-order valence-electron chi connectivity index (χ4n) is 3.27. The Morgan fingerprint density at radius 3 is 2.29 bits per heavy atom. The molecule has 0 bridgehead atoms. The van der Waals surface area contributed by atoms with Gasteiger partial charge in [-0.05, 0) is 43.4 Å². The van der Waals surface area contributed by atoms with Crippen LogP contribution in [0.15, 0.2) is 65.6 Å². The standard InChI is InChI=1S/C22H22N2O3S/c23-16-22(13-7-8-14-22)24-19(25)15-27-21(26)20(17-9-3-1-4-10-17)28-18-11-5-2-6-12-18/h1-6,9-12,20H,7-8,13-15H2,(H,24,25)/t20-/m1/s1. The second kappa shape index (κ2) is 9.43. The highest BCUT2D eigenvalue weighted by atomic mass is 32.2.